The van der Waals surface area contributed by atoms with E-state index < -0.39 is 0 Å². The molecule has 2 aromatic rings. The van der Waals surface area contributed by atoms with Crippen molar-refractivity contribution in [2.75, 3.05) is 13.2 Å². The minimum absolute atomic E-state index is 0.117. The third-order valence-electron chi connectivity index (χ3n) is 3.02. The maximum atomic E-state index is 12.0. The highest BCUT2D eigenvalue weighted by Gasteiger charge is 2.18. The van der Waals surface area contributed by atoms with Crippen molar-refractivity contribution in [2.45, 2.75) is 18.9 Å². The highest BCUT2D eigenvalue weighted by molar-refractivity contribution is 7.14. The molecular weight excluding hydrogens is 280 g/mol. The molecule has 3 rings (SSSR count). The van der Waals surface area contributed by atoms with Crippen LogP contribution in [0.15, 0.2) is 22.2 Å². The molecule has 0 bridgehead atoms. The van der Waals surface area contributed by atoms with Gasteiger partial charge in [-0.05, 0) is 24.3 Å². The molecule has 0 aliphatic carbocycles. The van der Waals surface area contributed by atoms with Crippen molar-refractivity contribution in [3.63, 3.8) is 0 Å². The van der Waals surface area contributed by atoms with Crippen molar-refractivity contribution >= 4 is 28.6 Å². The summed E-state index contributed by atoms with van der Waals surface area (Å²) in [5.41, 5.74) is 1.57. The average molecular weight is 294 g/mol. The molecule has 100 valence electrons. The summed E-state index contributed by atoms with van der Waals surface area (Å²) in [6, 6.07) is 2.01. The molecule has 3 heterocycles. The Hall–Kier alpha value is -1.24. The lowest BCUT2D eigenvalue weighted by atomic mass is 10.2. The Labute approximate surface area is 119 Å². The molecule has 1 atom stereocenters. The van der Waals surface area contributed by atoms with Crippen molar-refractivity contribution in [3.8, 4) is 10.6 Å². The molecule has 6 heteroatoms. The molecule has 1 fully saturated rings. The number of hydrogen-bond acceptors (Lipinski definition) is 5. The zero-order valence-electron chi connectivity index (χ0n) is 10.3. The second-order valence-electron chi connectivity index (χ2n) is 4.39. The number of nitrogens with zero attached hydrogens (tertiary/aromatic N) is 1. The van der Waals surface area contributed by atoms with Crippen LogP contribution in [0.25, 0.3) is 10.6 Å². The van der Waals surface area contributed by atoms with Crippen LogP contribution in [0.1, 0.15) is 23.3 Å². The third kappa shape index (κ3) is 3.02. The predicted molar refractivity (Wildman–Crippen MR) is 76.7 cm³/mol. The predicted octanol–water partition coefficient (Wildman–Crippen LogP) is 2.78. The van der Waals surface area contributed by atoms with Gasteiger partial charge in [-0.1, -0.05) is 0 Å². The van der Waals surface area contributed by atoms with Crippen LogP contribution >= 0.6 is 22.7 Å². The second-order valence-corrected chi connectivity index (χ2v) is 6.03. The van der Waals surface area contributed by atoms with Gasteiger partial charge in [-0.2, -0.15) is 11.3 Å². The van der Waals surface area contributed by atoms with E-state index in [4.69, 9.17) is 4.74 Å². The molecular formula is C13H14N2O2S2. The Balaban J connectivity index is 1.60. The van der Waals surface area contributed by atoms with E-state index in [-0.39, 0.29) is 12.0 Å². The zero-order valence-corrected chi connectivity index (χ0v) is 11.9. The van der Waals surface area contributed by atoms with Crippen LogP contribution in [-0.2, 0) is 4.74 Å². The Morgan fingerprint density at radius 3 is 3.21 bits per heavy atom. The Morgan fingerprint density at radius 2 is 2.47 bits per heavy atom. The summed E-state index contributed by atoms with van der Waals surface area (Å²) in [7, 11) is 0. The summed E-state index contributed by atoms with van der Waals surface area (Å²) < 4.78 is 5.47. The van der Waals surface area contributed by atoms with E-state index in [1.165, 1.54) is 11.3 Å². The van der Waals surface area contributed by atoms with Gasteiger partial charge in [0.1, 0.15) is 10.7 Å². The summed E-state index contributed by atoms with van der Waals surface area (Å²) in [5.74, 6) is -0.117. The fraction of sp³-hybridized carbons (Fsp3) is 0.385. The van der Waals surface area contributed by atoms with E-state index in [9.17, 15) is 4.79 Å². The topological polar surface area (TPSA) is 51.2 Å². The number of amides is 1. The van der Waals surface area contributed by atoms with Crippen molar-refractivity contribution in [1.82, 2.24) is 10.3 Å². The summed E-state index contributed by atoms with van der Waals surface area (Å²) in [6.07, 6.45) is 2.27. The molecule has 1 N–H and O–H groups in total. The van der Waals surface area contributed by atoms with Gasteiger partial charge in [0.05, 0.1) is 6.10 Å². The lowest BCUT2D eigenvalue weighted by Gasteiger charge is -2.09. The lowest BCUT2D eigenvalue weighted by Crippen LogP contribution is -2.31. The van der Waals surface area contributed by atoms with Crippen molar-refractivity contribution < 1.29 is 9.53 Å². The first kappa shape index (κ1) is 12.8. The standard InChI is InChI=1S/C13H14N2O2S2/c16-12(14-6-10-2-1-4-17-10)11-8-19-13(15-11)9-3-5-18-7-9/h3,5,7-8,10H,1-2,4,6H2,(H,14,16)/t10-/m0/s1. The quantitative estimate of drug-likeness (QED) is 0.943. The van der Waals surface area contributed by atoms with Gasteiger partial charge >= 0.3 is 0 Å². The van der Waals surface area contributed by atoms with Crippen molar-refractivity contribution in [2.24, 2.45) is 0 Å². The van der Waals surface area contributed by atoms with E-state index in [1.807, 2.05) is 16.8 Å². The van der Waals surface area contributed by atoms with Crippen molar-refractivity contribution in [1.29, 1.82) is 0 Å². The summed E-state index contributed by atoms with van der Waals surface area (Å²) in [6.45, 7) is 1.38. The normalized spacial score (nSPS) is 18.6. The summed E-state index contributed by atoms with van der Waals surface area (Å²) in [4.78, 5) is 16.3. The molecule has 0 unspecified atom stereocenters. The lowest BCUT2D eigenvalue weighted by molar-refractivity contribution is 0.0854. The van der Waals surface area contributed by atoms with Gasteiger partial charge in [-0.3, -0.25) is 4.79 Å². The van der Waals surface area contributed by atoms with Gasteiger partial charge in [-0.25, -0.2) is 4.98 Å². The van der Waals surface area contributed by atoms with Crippen LogP contribution in [0.4, 0.5) is 0 Å². The van der Waals surface area contributed by atoms with E-state index >= 15 is 0 Å². The van der Waals surface area contributed by atoms with Crippen LogP contribution in [-0.4, -0.2) is 30.1 Å². The Kier molecular flexibility index (Phi) is 3.91. The maximum Gasteiger partial charge on any atom is 0.270 e. The van der Waals surface area contributed by atoms with Crippen molar-refractivity contribution in [3.05, 3.63) is 27.9 Å². The van der Waals surface area contributed by atoms with E-state index in [0.717, 1.165) is 30.0 Å². The third-order valence-corrected chi connectivity index (χ3v) is 4.59. The Bertz CT molecular complexity index is 545. The van der Waals surface area contributed by atoms with Crippen LogP contribution in [0.3, 0.4) is 0 Å². The fourth-order valence-corrected chi connectivity index (χ4v) is 3.51. The highest BCUT2D eigenvalue weighted by atomic mass is 32.1. The van der Waals surface area contributed by atoms with Gasteiger partial charge in [-0.15, -0.1) is 11.3 Å². The van der Waals surface area contributed by atoms with Gasteiger partial charge < -0.3 is 10.1 Å². The average Bonchev–Trinajstić information content (AvgIpc) is 3.14. The molecule has 1 saturated heterocycles. The molecule has 0 radical (unpaired) electrons. The molecule has 0 spiro atoms. The maximum absolute atomic E-state index is 12.0. The number of rotatable bonds is 4. The molecule has 1 amide bonds. The first-order chi connectivity index (χ1) is 9.33. The van der Waals surface area contributed by atoms with E-state index in [1.54, 1.807) is 16.7 Å². The SMILES string of the molecule is O=C(NC[C@@H]1CCCO1)c1csc(-c2ccsc2)n1. The van der Waals surface area contributed by atoms with Gasteiger partial charge in [0.15, 0.2) is 0 Å². The fourth-order valence-electron chi connectivity index (χ4n) is 2.00. The number of aromatic nitrogens is 1. The van der Waals surface area contributed by atoms with Crippen LogP contribution in [0.2, 0.25) is 0 Å². The molecule has 4 nitrogen and oxygen atoms in total. The summed E-state index contributed by atoms with van der Waals surface area (Å²) in [5, 5.41) is 9.62. The van der Waals surface area contributed by atoms with E-state index in [0.29, 0.717) is 12.2 Å². The monoisotopic (exact) mass is 294 g/mol. The van der Waals surface area contributed by atoms with Crippen LogP contribution < -0.4 is 5.32 Å². The van der Waals surface area contributed by atoms with Gasteiger partial charge in [0.25, 0.3) is 5.91 Å². The minimum atomic E-state index is -0.117. The molecule has 0 aromatic carbocycles. The molecule has 0 saturated carbocycles. The number of ether oxygens (including phenoxy) is 1. The number of carbonyl (C=O) groups excluding carboxylic acids is 1. The molecule has 19 heavy (non-hydrogen) atoms. The molecule has 1 aliphatic rings. The van der Waals surface area contributed by atoms with Gasteiger partial charge in [0.2, 0.25) is 0 Å². The zero-order chi connectivity index (χ0) is 13.1. The number of thiophene rings is 1. The number of thiazole rings is 1. The first-order valence-electron chi connectivity index (χ1n) is 6.21. The molecule has 2 aromatic heterocycles. The summed E-state index contributed by atoms with van der Waals surface area (Å²) >= 11 is 3.13. The molecule has 1 aliphatic heterocycles. The Morgan fingerprint density at radius 1 is 1.53 bits per heavy atom. The van der Waals surface area contributed by atoms with E-state index in [2.05, 4.69) is 10.3 Å². The largest absolute Gasteiger partial charge is 0.376 e. The smallest absolute Gasteiger partial charge is 0.270 e. The number of carbonyl (C=O) groups is 1. The van der Waals surface area contributed by atoms with Gasteiger partial charge in [0, 0.05) is 29.5 Å². The number of nitrogens with one attached hydrogen (secondary N) is 1. The number of hydrogen-bond donors (Lipinski definition) is 1. The second kappa shape index (κ2) is 5.81. The van der Waals surface area contributed by atoms with Crippen LogP contribution in [0.5, 0.6) is 0 Å². The first-order valence-corrected chi connectivity index (χ1v) is 8.03. The minimum Gasteiger partial charge on any atom is -0.376 e. The van der Waals surface area contributed by atoms with Crippen LogP contribution in [0, 0.1) is 0 Å². The highest BCUT2D eigenvalue weighted by Crippen LogP contribution is 2.25.